The van der Waals surface area contributed by atoms with Gasteiger partial charge in [0.25, 0.3) is 5.91 Å². The molecule has 0 spiro atoms. The van der Waals surface area contributed by atoms with Crippen molar-refractivity contribution >= 4 is 34.5 Å². The Labute approximate surface area is 139 Å². The van der Waals surface area contributed by atoms with E-state index in [1.165, 1.54) is 12.1 Å². The average Bonchev–Trinajstić information content (AvgIpc) is 3.28. The molecule has 0 unspecified atom stereocenters. The molecule has 0 bridgehead atoms. The molecule has 0 saturated carbocycles. The summed E-state index contributed by atoms with van der Waals surface area (Å²) in [5, 5.41) is 14.6. The number of rotatable bonds is 6. The van der Waals surface area contributed by atoms with Crippen LogP contribution in [0.1, 0.15) is 20.3 Å². The van der Waals surface area contributed by atoms with Gasteiger partial charge in [0.15, 0.2) is 5.76 Å². The maximum absolute atomic E-state index is 12.7. The van der Waals surface area contributed by atoms with Crippen molar-refractivity contribution in [1.29, 1.82) is 0 Å². The molecule has 0 aliphatic rings. The van der Waals surface area contributed by atoms with Crippen molar-refractivity contribution in [3.8, 4) is 0 Å². The molecule has 0 saturated heterocycles. The van der Waals surface area contributed by atoms with Crippen molar-refractivity contribution in [3.05, 3.63) is 72.8 Å². The first-order chi connectivity index (χ1) is 11.1. The molecular formula is C15H12N2O4S2. The minimum absolute atomic E-state index is 0.0233. The number of hydrogen-bond acceptors (Lipinski definition) is 6. The molecule has 1 amide bonds. The minimum atomic E-state index is -0.653. The van der Waals surface area contributed by atoms with Gasteiger partial charge < -0.3 is 9.32 Å². The van der Waals surface area contributed by atoms with Gasteiger partial charge in [0.1, 0.15) is 4.92 Å². The zero-order valence-electron chi connectivity index (χ0n) is 11.9. The maximum Gasteiger partial charge on any atom is 0.433 e. The second kappa shape index (κ2) is 6.76. The molecule has 3 rings (SSSR count). The highest BCUT2D eigenvalue weighted by molar-refractivity contribution is 7.10. The van der Waals surface area contributed by atoms with E-state index in [0.717, 1.165) is 9.75 Å². The molecular weight excluding hydrogens is 336 g/mol. The minimum Gasteiger partial charge on any atom is -0.395 e. The number of amides is 1. The van der Waals surface area contributed by atoms with E-state index in [1.807, 2.05) is 35.0 Å². The van der Waals surface area contributed by atoms with Crippen molar-refractivity contribution < 1.29 is 14.1 Å². The summed E-state index contributed by atoms with van der Waals surface area (Å²) in [7, 11) is 0. The summed E-state index contributed by atoms with van der Waals surface area (Å²) < 4.78 is 5.04. The van der Waals surface area contributed by atoms with Gasteiger partial charge in [-0.2, -0.15) is 0 Å². The van der Waals surface area contributed by atoms with Crippen LogP contribution in [0.3, 0.4) is 0 Å². The van der Waals surface area contributed by atoms with Gasteiger partial charge in [0.2, 0.25) is 0 Å². The third-order valence-electron chi connectivity index (χ3n) is 3.12. The molecule has 0 radical (unpaired) electrons. The largest absolute Gasteiger partial charge is 0.433 e. The standard InChI is InChI=1S/C15H12N2O4S2/c18-15(13-5-6-14(21-13)17(19)20)16(9-11-3-1-7-22-11)10-12-4-2-8-23-12/h1-8H,9-10H2. The number of hydrogen-bond donors (Lipinski definition) is 0. The van der Waals surface area contributed by atoms with Crippen LogP contribution in [0.5, 0.6) is 0 Å². The van der Waals surface area contributed by atoms with Gasteiger partial charge in [0, 0.05) is 9.75 Å². The fraction of sp³-hybridized carbons (Fsp3) is 0.133. The molecule has 3 aromatic heterocycles. The van der Waals surface area contributed by atoms with Crippen molar-refractivity contribution in [2.24, 2.45) is 0 Å². The summed E-state index contributed by atoms with van der Waals surface area (Å²) in [5.41, 5.74) is 0. The summed E-state index contributed by atoms with van der Waals surface area (Å²) in [6, 6.07) is 10.3. The van der Waals surface area contributed by atoms with E-state index in [0.29, 0.717) is 13.1 Å². The van der Waals surface area contributed by atoms with Crippen LogP contribution in [-0.2, 0) is 13.1 Å². The van der Waals surface area contributed by atoms with Crippen LogP contribution in [-0.4, -0.2) is 15.7 Å². The van der Waals surface area contributed by atoms with E-state index < -0.39 is 10.8 Å². The Balaban J connectivity index is 1.83. The van der Waals surface area contributed by atoms with E-state index >= 15 is 0 Å². The SMILES string of the molecule is O=C(c1ccc([N+](=O)[O-])o1)N(Cc1cccs1)Cc1cccs1. The van der Waals surface area contributed by atoms with Crippen molar-refractivity contribution in [2.45, 2.75) is 13.1 Å². The third kappa shape index (κ3) is 3.66. The molecule has 0 aliphatic carbocycles. The van der Waals surface area contributed by atoms with Gasteiger partial charge in [-0.3, -0.25) is 14.9 Å². The first-order valence-electron chi connectivity index (χ1n) is 6.72. The lowest BCUT2D eigenvalue weighted by Crippen LogP contribution is -2.29. The van der Waals surface area contributed by atoms with Crippen molar-refractivity contribution in [1.82, 2.24) is 4.90 Å². The van der Waals surface area contributed by atoms with Crippen LogP contribution < -0.4 is 0 Å². The second-order valence-corrected chi connectivity index (χ2v) is 6.78. The number of thiophene rings is 2. The zero-order valence-corrected chi connectivity index (χ0v) is 13.5. The predicted octanol–water partition coefficient (Wildman–Crippen LogP) is 4.15. The lowest BCUT2D eigenvalue weighted by atomic mass is 10.3. The Bertz CT molecular complexity index is 757. The fourth-order valence-corrected chi connectivity index (χ4v) is 3.52. The lowest BCUT2D eigenvalue weighted by Gasteiger charge is -2.20. The first kappa shape index (κ1) is 15.4. The zero-order chi connectivity index (χ0) is 16.2. The molecule has 118 valence electrons. The molecule has 3 aromatic rings. The quantitative estimate of drug-likeness (QED) is 0.495. The number of furan rings is 1. The van der Waals surface area contributed by atoms with Gasteiger partial charge in [-0.15, -0.1) is 22.7 Å². The average molecular weight is 348 g/mol. The van der Waals surface area contributed by atoms with Crippen molar-refractivity contribution in [2.75, 3.05) is 0 Å². The van der Waals surface area contributed by atoms with E-state index in [4.69, 9.17) is 4.42 Å². The topological polar surface area (TPSA) is 76.6 Å². The van der Waals surface area contributed by atoms with E-state index in [9.17, 15) is 14.9 Å². The highest BCUT2D eigenvalue weighted by Crippen LogP contribution is 2.22. The molecule has 23 heavy (non-hydrogen) atoms. The summed E-state index contributed by atoms with van der Waals surface area (Å²) >= 11 is 3.11. The number of nitro groups is 1. The molecule has 8 heteroatoms. The summed E-state index contributed by atoms with van der Waals surface area (Å²) in [5.74, 6) is -0.815. The fourth-order valence-electron chi connectivity index (χ4n) is 2.08. The van der Waals surface area contributed by atoms with E-state index in [2.05, 4.69) is 0 Å². The predicted molar refractivity (Wildman–Crippen MR) is 87.6 cm³/mol. The normalized spacial score (nSPS) is 10.6. The lowest BCUT2D eigenvalue weighted by molar-refractivity contribution is -0.402. The Morgan fingerprint density at radius 1 is 1.09 bits per heavy atom. The molecule has 0 aliphatic heterocycles. The van der Waals surface area contributed by atoms with Gasteiger partial charge in [-0.1, -0.05) is 12.1 Å². The van der Waals surface area contributed by atoms with Crippen LogP contribution >= 0.6 is 22.7 Å². The number of carbonyl (C=O) groups is 1. The smallest absolute Gasteiger partial charge is 0.395 e. The maximum atomic E-state index is 12.7. The summed E-state index contributed by atoms with van der Waals surface area (Å²) in [6.45, 7) is 0.867. The van der Waals surface area contributed by atoms with E-state index in [1.54, 1.807) is 27.6 Å². The van der Waals surface area contributed by atoms with E-state index in [-0.39, 0.29) is 11.7 Å². The van der Waals surface area contributed by atoms with Gasteiger partial charge in [0.05, 0.1) is 19.2 Å². The van der Waals surface area contributed by atoms with Crippen LogP contribution in [0.25, 0.3) is 0 Å². The monoisotopic (exact) mass is 348 g/mol. The Morgan fingerprint density at radius 2 is 1.70 bits per heavy atom. The Morgan fingerprint density at radius 3 is 2.13 bits per heavy atom. The number of carbonyl (C=O) groups excluding carboxylic acids is 1. The van der Waals surface area contributed by atoms with Gasteiger partial charge in [-0.05, 0) is 29.0 Å². The highest BCUT2D eigenvalue weighted by atomic mass is 32.1. The molecule has 0 atom stereocenters. The van der Waals surface area contributed by atoms with Crippen LogP contribution in [0.2, 0.25) is 0 Å². The molecule has 0 N–H and O–H groups in total. The molecule has 6 nitrogen and oxygen atoms in total. The summed E-state index contributed by atoms with van der Waals surface area (Å²) in [6.07, 6.45) is 0. The first-order valence-corrected chi connectivity index (χ1v) is 8.47. The van der Waals surface area contributed by atoms with Crippen LogP contribution in [0.4, 0.5) is 5.88 Å². The molecule has 0 fully saturated rings. The van der Waals surface area contributed by atoms with Crippen molar-refractivity contribution in [3.63, 3.8) is 0 Å². The Hall–Kier alpha value is -2.45. The Kier molecular flexibility index (Phi) is 4.54. The molecule has 0 aromatic carbocycles. The number of nitrogens with zero attached hydrogens (tertiary/aromatic N) is 2. The summed E-state index contributed by atoms with van der Waals surface area (Å²) in [4.78, 5) is 26.4. The highest BCUT2D eigenvalue weighted by Gasteiger charge is 2.23. The van der Waals surface area contributed by atoms with Gasteiger partial charge >= 0.3 is 5.88 Å². The van der Waals surface area contributed by atoms with Crippen LogP contribution in [0.15, 0.2) is 51.6 Å². The van der Waals surface area contributed by atoms with Gasteiger partial charge in [-0.25, -0.2) is 0 Å². The third-order valence-corrected chi connectivity index (χ3v) is 4.85. The van der Waals surface area contributed by atoms with Crippen LogP contribution in [0, 0.1) is 10.1 Å². The second-order valence-electron chi connectivity index (χ2n) is 4.71. The molecule has 3 heterocycles.